The zero-order valence-electron chi connectivity index (χ0n) is 12.3. The van der Waals surface area contributed by atoms with Gasteiger partial charge in [-0.15, -0.1) is 0 Å². The van der Waals surface area contributed by atoms with Crippen LogP contribution in [0.1, 0.15) is 24.9 Å². The smallest absolute Gasteiger partial charge is 0.239 e. The molecule has 1 aromatic carbocycles. The summed E-state index contributed by atoms with van der Waals surface area (Å²) in [6.07, 6.45) is 0.789. The Morgan fingerprint density at radius 3 is 2.67 bits per heavy atom. The maximum Gasteiger partial charge on any atom is 0.239 e. The number of benzene rings is 1. The Balaban J connectivity index is 1.97. The number of piperazine rings is 1. The highest BCUT2D eigenvalue weighted by Crippen LogP contribution is 2.20. The van der Waals surface area contributed by atoms with E-state index in [2.05, 4.69) is 16.0 Å². The highest BCUT2D eigenvalue weighted by Gasteiger charge is 2.25. The molecule has 0 saturated carbocycles. The fraction of sp³-hybridized carbons (Fsp3) is 0.467. The maximum absolute atomic E-state index is 12.2. The zero-order chi connectivity index (χ0) is 15.2. The fourth-order valence-electron chi connectivity index (χ4n) is 2.28. The van der Waals surface area contributed by atoms with Gasteiger partial charge in [0.15, 0.2) is 0 Å². The lowest BCUT2D eigenvalue weighted by molar-refractivity contribution is -0.127. The third-order valence-corrected chi connectivity index (χ3v) is 3.57. The molecule has 2 amide bonds. The Morgan fingerprint density at radius 2 is 2.14 bits per heavy atom. The molecule has 114 valence electrons. The lowest BCUT2D eigenvalue weighted by atomic mass is 10.0. The topological polar surface area (TPSA) is 79.5 Å². The number of amides is 2. The largest absolute Gasteiger partial charge is 0.497 e. The molecule has 1 saturated heterocycles. The van der Waals surface area contributed by atoms with Crippen LogP contribution in [0.4, 0.5) is 0 Å². The van der Waals surface area contributed by atoms with Crippen LogP contribution in [-0.2, 0) is 9.59 Å². The predicted octanol–water partition coefficient (Wildman–Crippen LogP) is 0.351. The number of rotatable bonds is 5. The Morgan fingerprint density at radius 1 is 1.43 bits per heavy atom. The summed E-state index contributed by atoms with van der Waals surface area (Å²) in [6, 6.07) is 7.22. The zero-order valence-corrected chi connectivity index (χ0v) is 12.3. The molecule has 3 N–H and O–H groups in total. The summed E-state index contributed by atoms with van der Waals surface area (Å²) < 4.78 is 5.13. The van der Waals surface area contributed by atoms with E-state index in [0.717, 1.165) is 17.7 Å². The molecular weight excluding hydrogens is 270 g/mol. The van der Waals surface area contributed by atoms with Crippen molar-refractivity contribution >= 4 is 11.8 Å². The molecule has 1 aliphatic heterocycles. The summed E-state index contributed by atoms with van der Waals surface area (Å²) in [7, 11) is 1.62. The van der Waals surface area contributed by atoms with Crippen LogP contribution in [0.5, 0.6) is 5.75 Å². The van der Waals surface area contributed by atoms with Gasteiger partial charge < -0.3 is 15.4 Å². The SMILES string of the molecule is CCC(NC(=O)C1CNC(=O)CN1)c1ccc(OC)cc1. The van der Waals surface area contributed by atoms with Gasteiger partial charge in [-0.1, -0.05) is 19.1 Å². The minimum absolute atomic E-state index is 0.0529. The molecule has 0 bridgehead atoms. The molecule has 2 unspecified atom stereocenters. The molecule has 1 fully saturated rings. The van der Waals surface area contributed by atoms with Crippen LogP contribution in [0.2, 0.25) is 0 Å². The van der Waals surface area contributed by atoms with Crippen molar-refractivity contribution in [1.29, 1.82) is 0 Å². The van der Waals surface area contributed by atoms with Gasteiger partial charge in [-0.3, -0.25) is 14.9 Å². The van der Waals surface area contributed by atoms with Crippen molar-refractivity contribution in [3.63, 3.8) is 0 Å². The molecule has 1 heterocycles. The van der Waals surface area contributed by atoms with E-state index >= 15 is 0 Å². The second-order valence-corrected chi connectivity index (χ2v) is 4.98. The molecule has 0 aliphatic carbocycles. The van der Waals surface area contributed by atoms with E-state index in [-0.39, 0.29) is 30.4 Å². The van der Waals surface area contributed by atoms with Crippen LogP contribution in [0.3, 0.4) is 0 Å². The van der Waals surface area contributed by atoms with Crippen LogP contribution in [-0.4, -0.2) is 38.1 Å². The first-order valence-electron chi connectivity index (χ1n) is 7.08. The Kier molecular flexibility index (Phi) is 5.16. The molecule has 21 heavy (non-hydrogen) atoms. The predicted molar refractivity (Wildman–Crippen MR) is 79.0 cm³/mol. The number of ether oxygens (including phenoxy) is 1. The summed E-state index contributed by atoms with van der Waals surface area (Å²) in [6.45, 7) is 2.52. The van der Waals surface area contributed by atoms with Gasteiger partial charge in [0.1, 0.15) is 11.8 Å². The highest BCUT2D eigenvalue weighted by atomic mass is 16.5. The minimum Gasteiger partial charge on any atom is -0.497 e. The molecule has 0 radical (unpaired) electrons. The molecule has 2 rings (SSSR count). The van der Waals surface area contributed by atoms with E-state index in [4.69, 9.17) is 4.74 Å². The van der Waals surface area contributed by atoms with Gasteiger partial charge >= 0.3 is 0 Å². The molecule has 1 aromatic rings. The van der Waals surface area contributed by atoms with Crippen molar-refractivity contribution in [2.45, 2.75) is 25.4 Å². The van der Waals surface area contributed by atoms with Gasteiger partial charge in [-0.05, 0) is 24.1 Å². The highest BCUT2D eigenvalue weighted by molar-refractivity contribution is 5.87. The van der Waals surface area contributed by atoms with E-state index < -0.39 is 0 Å². The summed E-state index contributed by atoms with van der Waals surface area (Å²) in [5.74, 6) is 0.607. The first kappa shape index (κ1) is 15.3. The summed E-state index contributed by atoms with van der Waals surface area (Å²) >= 11 is 0. The minimum atomic E-state index is -0.380. The molecule has 2 atom stereocenters. The third kappa shape index (κ3) is 3.95. The molecule has 0 spiro atoms. The lowest BCUT2D eigenvalue weighted by Gasteiger charge is -2.26. The number of carbonyl (C=O) groups excluding carboxylic acids is 2. The Hall–Kier alpha value is -2.08. The van der Waals surface area contributed by atoms with Crippen LogP contribution in [0.15, 0.2) is 24.3 Å². The first-order chi connectivity index (χ1) is 10.1. The van der Waals surface area contributed by atoms with E-state index in [9.17, 15) is 9.59 Å². The van der Waals surface area contributed by atoms with Crippen molar-refractivity contribution in [2.24, 2.45) is 0 Å². The Labute approximate surface area is 124 Å². The summed E-state index contributed by atoms with van der Waals surface area (Å²) in [5.41, 5.74) is 1.03. The van der Waals surface area contributed by atoms with E-state index in [1.54, 1.807) is 7.11 Å². The summed E-state index contributed by atoms with van der Waals surface area (Å²) in [4.78, 5) is 23.3. The van der Waals surface area contributed by atoms with Crippen LogP contribution in [0.25, 0.3) is 0 Å². The second kappa shape index (κ2) is 7.08. The Bertz CT molecular complexity index is 491. The van der Waals surface area contributed by atoms with Crippen molar-refractivity contribution in [2.75, 3.05) is 20.2 Å². The van der Waals surface area contributed by atoms with Crippen LogP contribution >= 0.6 is 0 Å². The molecule has 6 nitrogen and oxygen atoms in total. The monoisotopic (exact) mass is 291 g/mol. The van der Waals surface area contributed by atoms with Crippen molar-refractivity contribution in [3.8, 4) is 5.75 Å². The lowest BCUT2D eigenvalue weighted by Crippen LogP contribution is -2.58. The number of methoxy groups -OCH3 is 1. The molecular formula is C15H21N3O3. The number of carbonyl (C=O) groups is 2. The standard InChI is InChI=1S/C15H21N3O3/c1-3-12(10-4-6-11(21-2)7-5-10)18-15(20)13-8-17-14(19)9-16-13/h4-7,12-13,16H,3,8-9H2,1-2H3,(H,17,19)(H,18,20). The van der Waals surface area contributed by atoms with Gasteiger partial charge in [0, 0.05) is 6.54 Å². The molecule has 0 aromatic heterocycles. The van der Waals surface area contributed by atoms with E-state index in [1.165, 1.54) is 0 Å². The quantitative estimate of drug-likeness (QED) is 0.731. The number of nitrogens with one attached hydrogen (secondary N) is 3. The molecule has 6 heteroatoms. The van der Waals surface area contributed by atoms with E-state index in [1.807, 2.05) is 31.2 Å². The van der Waals surface area contributed by atoms with Crippen molar-refractivity contribution < 1.29 is 14.3 Å². The third-order valence-electron chi connectivity index (χ3n) is 3.57. The normalized spacial score (nSPS) is 19.5. The number of hydrogen-bond donors (Lipinski definition) is 3. The van der Waals surface area contributed by atoms with Crippen molar-refractivity contribution in [3.05, 3.63) is 29.8 Å². The second-order valence-electron chi connectivity index (χ2n) is 4.98. The van der Waals surface area contributed by atoms with Gasteiger partial charge in [-0.25, -0.2) is 0 Å². The first-order valence-corrected chi connectivity index (χ1v) is 7.08. The van der Waals surface area contributed by atoms with Gasteiger partial charge in [-0.2, -0.15) is 0 Å². The van der Waals surface area contributed by atoms with Gasteiger partial charge in [0.2, 0.25) is 11.8 Å². The summed E-state index contributed by atoms with van der Waals surface area (Å²) in [5, 5.41) is 8.62. The van der Waals surface area contributed by atoms with Crippen molar-refractivity contribution in [1.82, 2.24) is 16.0 Å². The van der Waals surface area contributed by atoms with Crippen LogP contribution in [0, 0.1) is 0 Å². The fourth-order valence-corrected chi connectivity index (χ4v) is 2.28. The van der Waals surface area contributed by atoms with E-state index in [0.29, 0.717) is 6.54 Å². The molecule has 1 aliphatic rings. The maximum atomic E-state index is 12.2. The average molecular weight is 291 g/mol. The average Bonchev–Trinajstić information content (AvgIpc) is 2.53. The van der Waals surface area contributed by atoms with Gasteiger partial charge in [0.05, 0.1) is 19.7 Å². The van der Waals surface area contributed by atoms with Crippen LogP contribution < -0.4 is 20.7 Å². The number of hydrogen-bond acceptors (Lipinski definition) is 4. The van der Waals surface area contributed by atoms with Gasteiger partial charge in [0.25, 0.3) is 0 Å².